The van der Waals surface area contributed by atoms with E-state index in [0.29, 0.717) is 31.1 Å². The molecular weight excluding hydrogens is 357 g/mol. The van der Waals surface area contributed by atoms with Gasteiger partial charge in [-0.25, -0.2) is 9.18 Å². The molecule has 1 N–H and O–H groups in total. The zero-order valence-electron chi connectivity index (χ0n) is 14.6. The Bertz CT molecular complexity index is 737. The van der Waals surface area contributed by atoms with E-state index in [1.54, 1.807) is 11.0 Å². The van der Waals surface area contributed by atoms with E-state index in [1.165, 1.54) is 12.1 Å². The molecule has 1 aromatic carbocycles. The number of amides is 3. The number of nitrogens with one attached hydrogen (secondary N) is 1. The number of halogens is 2. The van der Waals surface area contributed by atoms with Gasteiger partial charge in [0.25, 0.3) is 0 Å². The Kier molecular flexibility index (Phi) is 4.55. The molecule has 0 bridgehead atoms. The molecule has 2 aliphatic heterocycles. The van der Waals surface area contributed by atoms with Crippen molar-refractivity contribution in [1.82, 2.24) is 15.1 Å². The topological polar surface area (TPSA) is 52.7 Å². The minimum absolute atomic E-state index is 0.0938. The molecule has 3 aliphatic rings. The van der Waals surface area contributed by atoms with Crippen LogP contribution < -0.4 is 5.32 Å². The van der Waals surface area contributed by atoms with Gasteiger partial charge in [0.1, 0.15) is 5.82 Å². The SMILES string of the molecule is O=C(NCC1(c2ccc(F)cc2Cl)CC1)N1CCC(N2CCCC2=O)C1. The molecule has 26 heavy (non-hydrogen) atoms. The van der Waals surface area contributed by atoms with Crippen LogP contribution in [0.5, 0.6) is 0 Å². The van der Waals surface area contributed by atoms with Gasteiger partial charge in [0, 0.05) is 43.0 Å². The third-order valence-corrected chi connectivity index (χ3v) is 6.25. The molecule has 1 atom stereocenters. The van der Waals surface area contributed by atoms with Gasteiger partial charge in [-0.2, -0.15) is 0 Å². The van der Waals surface area contributed by atoms with Crippen molar-refractivity contribution in [2.75, 3.05) is 26.2 Å². The second-order valence-electron chi connectivity index (χ2n) is 7.64. The minimum atomic E-state index is -0.349. The summed E-state index contributed by atoms with van der Waals surface area (Å²) in [6.45, 7) is 2.58. The molecule has 4 rings (SSSR count). The lowest BCUT2D eigenvalue weighted by Crippen LogP contribution is -2.44. The maximum Gasteiger partial charge on any atom is 0.317 e. The predicted octanol–water partition coefficient (Wildman–Crippen LogP) is 2.92. The zero-order chi connectivity index (χ0) is 18.3. The van der Waals surface area contributed by atoms with Gasteiger partial charge < -0.3 is 15.1 Å². The summed E-state index contributed by atoms with van der Waals surface area (Å²) in [7, 11) is 0. The summed E-state index contributed by atoms with van der Waals surface area (Å²) in [4.78, 5) is 28.1. The maximum absolute atomic E-state index is 13.3. The van der Waals surface area contributed by atoms with Crippen molar-refractivity contribution >= 4 is 23.5 Å². The summed E-state index contributed by atoms with van der Waals surface area (Å²) in [6, 6.07) is 4.53. The first-order valence-corrected chi connectivity index (χ1v) is 9.64. The van der Waals surface area contributed by atoms with Crippen LogP contribution in [-0.4, -0.2) is 54.0 Å². The van der Waals surface area contributed by atoms with Crippen LogP contribution in [0.2, 0.25) is 5.02 Å². The average molecular weight is 380 g/mol. The first-order chi connectivity index (χ1) is 12.5. The molecule has 3 fully saturated rings. The highest BCUT2D eigenvalue weighted by molar-refractivity contribution is 6.31. The van der Waals surface area contributed by atoms with E-state index in [1.807, 2.05) is 4.90 Å². The minimum Gasteiger partial charge on any atom is -0.338 e. The van der Waals surface area contributed by atoms with Crippen molar-refractivity contribution in [3.05, 3.63) is 34.6 Å². The second kappa shape index (κ2) is 6.72. The van der Waals surface area contributed by atoms with Gasteiger partial charge in [0.2, 0.25) is 5.91 Å². The Hall–Kier alpha value is -1.82. The predicted molar refractivity (Wildman–Crippen MR) is 96.6 cm³/mol. The van der Waals surface area contributed by atoms with Crippen LogP contribution >= 0.6 is 11.6 Å². The highest BCUT2D eigenvalue weighted by atomic mass is 35.5. The smallest absolute Gasteiger partial charge is 0.317 e. The molecule has 2 heterocycles. The van der Waals surface area contributed by atoms with E-state index in [-0.39, 0.29) is 29.2 Å². The van der Waals surface area contributed by atoms with Crippen molar-refractivity contribution in [2.24, 2.45) is 0 Å². The normalized spacial score (nSPS) is 24.2. The van der Waals surface area contributed by atoms with Crippen molar-refractivity contribution in [1.29, 1.82) is 0 Å². The zero-order valence-corrected chi connectivity index (χ0v) is 15.4. The molecule has 5 nitrogen and oxygen atoms in total. The Morgan fingerprint density at radius 1 is 1.35 bits per heavy atom. The van der Waals surface area contributed by atoms with E-state index >= 15 is 0 Å². The summed E-state index contributed by atoms with van der Waals surface area (Å²) in [5, 5.41) is 3.44. The van der Waals surface area contributed by atoms with Crippen LogP contribution in [0.15, 0.2) is 18.2 Å². The van der Waals surface area contributed by atoms with E-state index in [0.717, 1.165) is 37.8 Å². The van der Waals surface area contributed by atoms with Gasteiger partial charge in [-0.3, -0.25) is 4.79 Å². The van der Waals surface area contributed by atoms with Gasteiger partial charge in [-0.1, -0.05) is 17.7 Å². The van der Waals surface area contributed by atoms with Gasteiger partial charge in [-0.05, 0) is 43.4 Å². The number of hydrogen-bond donors (Lipinski definition) is 1. The number of benzene rings is 1. The first kappa shape index (κ1) is 17.6. The molecular formula is C19H23ClFN3O2. The second-order valence-corrected chi connectivity index (χ2v) is 8.05. The van der Waals surface area contributed by atoms with Crippen molar-refractivity contribution in [2.45, 2.75) is 43.6 Å². The van der Waals surface area contributed by atoms with Gasteiger partial charge in [0.05, 0.1) is 6.04 Å². The monoisotopic (exact) mass is 379 g/mol. The van der Waals surface area contributed by atoms with Crippen LogP contribution in [0.3, 0.4) is 0 Å². The number of urea groups is 1. The van der Waals surface area contributed by atoms with E-state index < -0.39 is 0 Å². The van der Waals surface area contributed by atoms with Crippen LogP contribution in [0.25, 0.3) is 0 Å². The molecule has 7 heteroatoms. The first-order valence-electron chi connectivity index (χ1n) is 9.26. The number of hydrogen-bond acceptors (Lipinski definition) is 2. The molecule has 1 aliphatic carbocycles. The number of likely N-dealkylation sites (tertiary alicyclic amines) is 2. The highest BCUT2D eigenvalue weighted by Crippen LogP contribution is 2.50. The summed E-state index contributed by atoms with van der Waals surface area (Å²) in [6.07, 6.45) is 4.26. The van der Waals surface area contributed by atoms with Gasteiger partial charge in [-0.15, -0.1) is 0 Å². The fourth-order valence-electron chi connectivity index (χ4n) is 4.20. The fourth-order valence-corrected chi connectivity index (χ4v) is 4.57. The fraction of sp³-hybridized carbons (Fsp3) is 0.579. The number of carbonyl (C=O) groups is 2. The molecule has 3 amide bonds. The number of carbonyl (C=O) groups excluding carboxylic acids is 2. The Morgan fingerprint density at radius 3 is 2.81 bits per heavy atom. The molecule has 1 unspecified atom stereocenters. The van der Waals surface area contributed by atoms with Crippen molar-refractivity contribution in [3.8, 4) is 0 Å². The quantitative estimate of drug-likeness (QED) is 0.874. The van der Waals surface area contributed by atoms with Crippen molar-refractivity contribution in [3.63, 3.8) is 0 Å². The van der Waals surface area contributed by atoms with Crippen LogP contribution in [0.4, 0.5) is 9.18 Å². The highest BCUT2D eigenvalue weighted by Gasteiger charge is 2.46. The van der Waals surface area contributed by atoms with Gasteiger partial charge >= 0.3 is 6.03 Å². The summed E-state index contributed by atoms with van der Waals surface area (Å²) in [5.74, 6) is -0.140. The number of rotatable bonds is 4. The van der Waals surface area contributed by atoms with Gasteiger partial charge in [0.15, 0.2) is 0 Å². The average Bonchev–Trinajstić information content (AvgIpc) is 3.02. The van der Waals surface area contributed by atoms with E-state index in [4.69, 9.17) is 11.6 Å². The lowest BCUT2D eigenvalue weighted by Gasteiger charge is -2.25. The van der Waals surface area contributed by atoms with E-state index in [9.17, 15) is 14.0 Å². The third-order valence-electron chi connectivity index (χ3n) is 5.94. The Labute approximate surface area is 157 Å². The molecule has 0 spiro atoms. The molecule has 0 aromatic heterocycles. The molecule has 0 radical (unpaired) electrons. The van der Waals surface area contributed by atoms with E-state index in [2.05, 4.69) is 5.32 Å². The molecule has 2 saturated heterocycles. The summed E-state index contributed by atoms with van der Waals surface area (Å²) >= 11 is 6.20. The Balaban J connectivity index is 1.34. The summed E-state index contributed by atoms with van der Waals surface area (Å²) in [5.41, 5.74) is 0.729. The third kappa shape index (κ3) is 3.27. The maximum atomic E-state index is 13.3. The molecule has 1 aromatic rings. The lowest BCUT2D eigenvalue weighted by atomic mass is 9.96. The van der Waals surface area contributed by atoms with Crippen LogP contribution in [-0.2, 0) is 10.2 Å². The Morgan fingerprint density at radius 2 is 2.15 bits per heavy atom. The lowest BCUT2D eigenvalue weighted by molar-refractivity contribution is -0.129. The standard InChI is InChI=1S/C19H23ClFN3O2/c20-16-10-13(21)3-4-15(16)19(6-7-19)12-22-18(26)23-9-5-14(11-23)24-8-1-2-17(24)25/h3-4,10,14H,1-2,5-9,11-12H2,(H,22,26). The number of nitrogens with zero attached hydrogens (tertiary/aromatic N) is 2. The molecule has 1 saturated carbocycles. The molecule has 140 valence electrons. The largest absolute Gasteiger partial charge is 0.338 e. The van der Waals surface area contributed by atoms with Crippen LogP contribution in [0.1, 0.15) is 37.7 Å². The summed E-state index contributed by atoms with van der Waals surface area (Å²) < 4.78 is 13.3. The van der Waals surface area contributed by atoms with Crippen LogP contribution in [0, 0.1) is 5.82 Å². The van der Waals surface area contributed by atoms with Crippen molar-refractivity contribution < 1.29 is 14.0 Å².